The SMILES string of the molecule is CO[Si]1(C)C=C[Si](C)(OC)O1. The van der Waals surface area contributed by atoms with Crippen molar-refractivity contribution in [3.05, 3.63) is 11.4 Å². The summed E-state index contributed by atoms with van der Waals surface area (Å²) in [6.07, 6.45) is 0. The Bertz CT molecular complexity index is 167. The molecule has 0 aromatic carbocycles. The fourth-order valence-electron chi connectivity index (χ4n) is 0.993. The molecular formula is C6H14O3Si2. The minimum atomic E-state index is -1.96. The Morgan fingerprint density at radius 3 is 1.55 bits per heavy atom. The van der Waals surface area contributed by atoms with Crippen molar-refractivity contribution in [3.63, 3.8) is 0 Å². The molecule has 1 heterocycles. The molecule has 0 amide bonds. The van der Waals surface area contributed by atoms with Crippen LogP contribution in [0.3, 0.4) is 0 Å². The summed E-state index contributed by atoms with van der Waals surface area (Å²) >= 11 is 0. The number of hydrogen-bond acceptors (Lipinski definition) is 3. The van der Waals surface area contributed by atoms with E-state index in [0.29, 0.717) is 0 Å². The maximum Gasteiger partial charge on any atom is 0.352 e. The van der Waals surface area contributed by atoms with Gasteiger partial charge in [0.2, 0.25) is 0 Å². The van der Waals surface area contributed by atoms with Gasteiger partial charge in [-0.15, -0.1) is 0 Å². The van der Waals surface area contributed by atoms with Crippen molar-refractivity contribution in [1.82, 2.24) is 0 Å². The van der Waals surface area contributed by atoms with E-state index < -0.39 is 17.1 Å². The van der Waals surface area contributed by atoms with Gasteiger partial charge in [-0.2, -0.15) is 0 Å². The van der Waals surface area contributed by atoms with E-state index in [1.165, 1.54) is 0 Å². The van der Waals surface area contributed by atoms with Gasteiger partial charge in [-0.25, -0.2) is 0 Å². The molecule has 0 saturated carbocycles. The fourth-order valence-corrected chi connectivity index (χ4v) is 8.12. The summed E-state index contributed by atoms with van der Waals surface area (Å²) in [5.74, 6) is 0. The monoisotopic (exact) mass is 190 g/mol. The van der Waals surface area contributed by atoms with Crippen molar-refractivity contribution in [2.75, 3.05) is 14.2 Å². The van der Waals surface area contributed by atoms with Crippen LogP contribution in [0.1, 0.15) is 0 Å². The van der Waals surface area contributed by atoms with E-state index in [9.17, 15) is 0 Å². The first-order valence-corrected chi connectivity index (χ1v) is 8.33. The lowest BCUT2D eigenvalue weighted by Gasteiger charge is -2.24. The van der Waals surface area contributed by atoms with Crippen LogP contribution in [0.2, 0.25) is 13.1 Å². The molecule has 2 unspecified atom stereocenters. The van der Waals surface area contributed by atoms with Crippen molar-refractivity contribution in [3.8, 4) is 0 Å². The van der Waals surface area contributed by atoms with E-state index in [1.807, 2.05) is 24.5 Å². The lowest BCUT2D eigenvalue weighted by Crippen LogP contribution is -2.43. The average molecular weight is 190 g/mol. The molecule has 0 saturated heterocycles. The van der Waals surface area contributed by atoms with E-state index >= 15 is 0 Å². The van der Waals surface area contributed by atoms with E-state index in [0.717, 1.165) is 0 Å². The van der Waals surface area contributed by atoms with Crippen LogP contribution in [0.4, 0.5) is 0 Å². The lowest BCUT2D eigenvalue weighted by molar-refractivity contribution is 0.266. The van der Waals surface area contributed by atoms with E-state index in [4.69, 9.17) is 13.0 Å². The maximum absolute atomic E-state index is 5.76. The van der Waals surface area contributed by atoms with Gasteiger partial charge < -0.3 is 13.0 Å². The molecular weight excluding hydrogens is 176 g/mol. The van der Waals surface area contributed by atoms with Crippen LogP contribution in [0.25, 0.3) is 0 Å². The zero-order valence-electron chi connectivity index (χ0n) is 7.38. The van der Waals surface area contributed by atoms with Crippen molar-refractivity contribution in [2.24, 2.45) is 0 Å². The second kappa shape index (κ2) is 2.83. The Balaban J connectivity index is 2.68. The molecule has 0 N–H and O–H groups in total. The largest absolute Gasteiger partial charge is 0.409 e. The normalized spacial score (nSPS) is 43.3. The summed E-state index contributed by atoms with van der Waals surface area (Å²) in [6.45, 7) is 4.03. The quantitative estimate of drug-likeness (QED) is 0.610. The van der Waals surface area contributed by atoms with Crippen molar-refractivity contribution < 1.29 is 13.0 Å². The Kier molecular flexibility index (Phi) is 2.36. The summed E-state index contributed by atoms with van der Waals surface area (Å²) in [4.78, 5) is 0. The highest BCUT2D eigenvalue weighted by atomic mass is 28.5. The van der Waals surface area contributed by atoms with Crippen molar-refractivity contribution >= 4 is 17.1 Å². The predicted octanol–water partition coefficient (Wildman–Crippen LogP) is 1.09. The minimum absolute atomic E-state index is 1.69. The highest BCUT2D eigenvalue weighted by molar-refractivity contribution is 6.89. The molecule has 64 valence electrons. The van der Waals surface area contributed by atoms with Crippen LogP contribution in [-0.4, -0.2) is 31.3 Å². The Labute approximate surface area is 69.5 Å². The first-order valence-electron chi connectivity index (χ1n) is 3.54. The van der Waals surface area contributed by atoms with Gasteiger partial charge in [-0.05, 0) is 24.5 Å². The predicted molar refractivity (Wildman–Crippen MR) is 47.5 cm³/mol. The van der Waals surface area contributed by atoms with Gasteiger partial charge in [-0.1, -0.05) is 0 Å². The molecule has 0 spiro atoms. The Morgan fingerprint density at radius 1 is 1.00 bits per heavy atom. The molecule has 2 atom stereocenters. The lowest BCUT2D eigenvalue weighted by atomic mass is 11.2. The van der Waals surface area contributed by atoms with Crippen LogP contribution in [-0.2, 0) is 13.0 Å². The summed E-state index contributed by atoms with van der Waals surface area (Å²) in [5, 5.41) is 0. The molecule has 0 aromatic rings. The molecule has 0 radical (unpaired) electrons. The highest BCUT2D eigenvalue weighted by Crippen LogP contribution is 2.24. The molecule has 0 aliphatic carbocycles. The number of rotatable bonds is 2. The smallest absolute Gasteiger partial charge is 0.352 e. The molecule has 3 nitrogen and oxygen atoms in total. The van der Waals surface area contributed by atoms with Gasteiger partial charge in [-0.3, -0.25) is 0 Å². The van der Waals surface area contributed by atoms with E-state index in [2.05, 4.69) is 0 Å². The third-order valence-electron chi connectivity index (χ3n) is 1.90. The van der Waals surface area contributed by atoms with Gasteiger partial charge in [0.15, 0.2) is 0 Å². The van der Waals surface area contributed by atoms with Crippen molar-refractivity contribution in [2.45, 2.75) is 13.1 Å². The zero-order valence-corrected chi connectivity index (χ0v) is 9.38. The molecule has 0 bridgehead atoms. The summed E-state index contributed by atoms with van der Waals surface area (Å²) in [6, 6.07) is 0. The van der Waals surface area contributed by atoms with Gasteiger partial charge in [0.1, 0.15) is 0 Å². The highest BCUT2D eigenvalue weighted by Gasteiger charge is 2.44. The Morgan fingerprint density at radius 2 is 1.36 bits per heavy atom. The second-order valence-corrected chi connectivity index (χ2v) is 9.24. The third kappa shape index (κ3) is 1.80. The standard InChI is InChI=1S/C6H14O3Si2/c1-7-10(3)5-6-11(4,8-2)9-10/h5-6H,1-4H3. The van der Waals surface area contributed by atoms with Crippen LogP contribution in [0.15, 0.2) is 11.4 Å². The van der Waals surface area contributed by atoms with Crippen LogP contribution in [0, 0.1) is 0 Å². The third-order valence-corrected chi connectivity index (χ3v) is 8.65. The molecule has 11 heavy (non-hydrogen) atoms. The number of hydrogen-bond donors (Lipinski definition) is 0. The topological polar surface area (TPSA) is 27.7 Å². The van der Waals surface area contributed by atoms with Crippen LogP contribution in [0.5, 0.6) is 0 Å². The zero-order chi connectivity index (χ0) is 8.54. The summed E-state index contributed by atoms with van der Waals surface area (Å²) in [5.41, 5.74) is 4.09. The summed E-state index contributed by atoms with van der Waals surface area (Å²) in [7, 11) is -0.547. The van der Waals surface area contributed by atoms with Crippen LogP contribution >= 0.6 is 0 Å². The molecule has 0 fully saturated rings. The van der Waals surface area contributed by atoms with Crippen molar-refractivity contribution in [1.29, 1.82) is 0 Å². The van der Waals surface area contributed by atoms with E-state index in [-0.39, 0.29) is 0 Å². The first-order chi connectivity index (χ1) is 5.04. The van der Waals surface area contributed by atoms with Crippen LogP contribution < -0.4 is 0 Å². The van der Waals surface area contributed by atoms with Gasteiger partial charge in [0, 0.05) is 14.2 Å². The Hall–Kier alpha value is 0.0538. The van der Waals surface area contributed by atoms with Gasteiger partial charge in [0.25, 0.3) is 0 Å². The van der Waals surface area contributed by atoms with E-state index in [1.54, 1.807) is 14.2 Å². The first kappa shape index (κ1) is 9.14. The average Bonchev–Trinajstić information content (AvgIpc) is 2.30. The second-order valence-electron chi connectivity index (χ2n) is 2.88. The molecule has 1 aliphatic rings. The molecule has 0 aromatic heterocycles. The molecule has 1 rings (SSSR count). The fraction of sp³-hybridized carbons (Fsp3) is 0.667. The van der Waals surface area contributed by atoms with Gasteiger partial charge in [0.05, 0.1) is 0 Å². The van der Waals surface area contributed by atoms with Gasteiger partial charge >= 0.3 is 17.1 Å². The molecule has 5 heteroatoms. The minimum Gasteiger partial charge on any atom is -0.409 e. The maximum atomic E-state index is 5.76. The molecule has 1 aliphatic heterocycles. The summed E-state index contributed by atoms with van der Waals surface area (Å²) < 4.78 is 16.3.